The van der Waals surface area contributed by atoms with Crippen molar-refractivity contribution in [2.45, 2.75) is 33.2 Å². The molecule has 26 heavy (non-hydrogen) atoms. The number of benzene rings is 1. The van der Waals surface area contributed by atoms with Gasteiger partial charge in [-0.3, -0.25) is 4.99 Å². The SMILES string of the molecule is CN=C(NCc1ccc(N2CCOCC2)cc1)N1CCC(CC(C)C)C1. The van der Waals surface area contributed by atoms with Crippen molar-refractivity contribution in [1.82, 2.24) is 10.2 Å². The van der Waals surface area contributed by atoms with Crippen molar-refractivity contribution in [1.29, 1.82) is 0 Å². The van der Waals surface area contributed by atoms with E-state index < -0.39 is 0 Å². The molecule has 2 heterocycles. The highest BCUT2D eigenvalue weighted by molar-refractivity contribution is 5.80. The molecule has 2 aliphatic heterocycles. The molecule has 0 aliphatic carbocycles. The Balaban J connectivity index is 1.49. The number of likely N-dealkylation sites (tertiary alicyclic amines) is 1. The average molecular weight is 359 g/mol. The van der Waals surface area contributed by atoms with Gasteiger partial charge in [-0.2, -0.15) is 0 Å². The third-order valence-electron chi connectivity index (χ3n) is 5.37. The summed E-state index contributed by atoms with van der Waals surface area (Å²) >= 11 is 0. The van der Waals surface area contributed by atoms with Crippen LogP contribution in [0.5, 0.6) is 0 Å². The molecule has 2 saturated heterocycles. The molecule has 1 aromatic rings. The van der Waals surface area contributed by atoms with Crippen molar-refractivity contribution < 1.29 is 4.74 Å². The zero-order valence-corrected chi connectivity index (χ0v) is 16.6. The third-order valence-corrected chi connectivity index (χ3v) is 5.37. The van der Waals surface area contributed by atoms with Crippen LogP contribution in [-0.2, 0) is 11.3 Å². The molecule has 144 valence electrons. The Morgan fingerprint density at radius 2 is 1.92 bits per heavy atom. The van der Waals surface area contributed by atoms with Crippen LogP contribution in [0.1, 0.15) is 32.3 Å². The van der Waals surface area contributed by atoms with Crippen LogP contribution in [0, 0.1) is 11.8 Å². The number of aliphatic imine (C=N–C) groups is 1. The minimum Gasteiger partial charge on any atom is -0.378 e. The molecule has 1 atom stereocenters. The first-order chi connectivity index (χ1) is 12.7. The number of morpholine rings is 1. The van der Waals surface area contributed by atoms with Gasteiger partial charge in [-0.15, -0.1) is 0 Å². The lowest BCUT2D eigenvalue weighted by Gasteiger charge is -2.29. The second kappa shape index (κ2) is 9.26. The molecule has 0 spiro atoms. The lowest BCUT2D eigenvalue weighted by atomic mass is 9.97. The molecule has 0 aromatic heterocycles. The van der Waals surface area contributed by atoms with Gasteiger partial charge in [0, 0.05) is 45.5 Å². The fraction of sp³-hybridized carbons (Fsp3) is 0.667. The van der Waals surface area contributed by atoms with Crippen LogP contribution in [-0.4, -0.2) is 57.3 Å². The zero-order chi connectivity index (χ0) is 18.4. The van der Waals surface area contributed by atoms with Crippen LogP contribution in [0.25, 0.3) is 0 Å². The zero-order valence-electron chi connectivity index (χ0n) is 16.6. The van der Waals surface area contributed by atoms with Gasteiger partial charge in [-0.25, -0.2) is 0 Å². The first kappa shape index (κ1) is 19.0. The van der Waals surface area contributed by atoms with Crippen LogP contribution < -0.4 is 10.2 Å². The van der Waals surface area contributed by atoms with E-state index in [1.54, 1.807) is 0 Å². The number of nitrogens with zero attached hydrogens (tertiary/aromatic N) is 3. The Labute approximate surface area is 158 Å². The van der Waals surface area contributed by atoms with E-state index >= 15 is 0 Å². The van der Waals surface area contributed by atoms with Crippen LogP contribution >= 0.6 is 0 Å². The average Bonchev–Trinajstić information content (AvgIpc) is 3.11. The van der Waals surface area contributed by atoms with Gasteiger partial charge in [-0.1, -0.05) is 26.0 Å². The van der Waals surface area contributed by atoms with Gasteiger partial charge in [-0.05, 0) is 42.4 Å². The molecule has 1 unspecified atom stereocenters. The van der Waals surface area contributed by atoms with Crippen LogP contribution in [0.2, 0.25) is 0 Å². The van der Waals surface area contributed by atoms with Crippen LogP contribution in [0.15, 0.2) is 29.3 Å². The van der Waals surface area contributed by atoms with E-state index in [4.69, 9.17) is 4.74 Å². The van der Waals surface area contributed by atoms with E-state index in [0.717, 1.165) is 63.7 Å². The molecular formula is C21H34N4O. The molecule has 1 aromatic carbocycles. The number of anilines is 1. The minimum absolute atomic E-state index is 0.778. The van der Waals surface area contributed by atoms with Gasteiger partial charge in [0.15, 0.2) is 5.96 Å². The summed E-state index contributed by atoms with van der Waals surface area (Å²) in [6.07, 6.45) is 2.60. The maximum Gasteiger partial charge on any atom is 0.193 e. The Morgan fingerprint density at radius 1 is 1.19 bits per heavy atom. The Bertz CT molecular complexity index is 578. The van der Waals surface area contributed by atoms with Gasteiger partial charge >= 0.3 is 0 Å². The molecule has 2 fully saturated rings. The minimum atomic E-state index is 0.778. The van der Waals surface area contributed by atoms with Gasteiger partial charge in [0.1, 0.15) is 0 Å². The summed E-state index contributed by atoms with van der Waals surface area (Å²) in [5, 5.41) is 3.54. The lowest BCUT2D eigenvalue weighted by molar-refractivity contribution is 0.122. The highest BCUT2D eigenvalue weighted by atomic mass is 16.5. The maximum atomic E-state index is 5.43. The number of nitrogens with one attached hydrogen (secondary N) is 1. The second-order valence-corrected chi connectivity index (χ2v) is 7.90. The Hall–Kier alpha value is -1.75. The van der Waals surface area contributed by atoms with E-state index in [1.165, 1.54) is 24.1 Å². The van der Waals surface area contributed by atoms with Gasteiger partial charge < -0.3 is 19.9 Å². The van der Waals surface area contributed by atoms with Crippen LogP contribution in [0.3, 0.4) is 0 Å². The summed E-state index contributed by atoms with van der Waals surface area (Å²) in [6.45, 7) is 11.3. The van der Waals surface area contributed by atoms with Crippen molar-refractivity contribution in [2.75, 3.05) is 51.3 Å². The molecule has 0 bridgehead atoms. The van der Waals surface area contributed by atoms with E-state index in [-0.39, 0.29) is 0 Å². The van der Waals surface area contributed by atoms with Crippen LogP contribution in [0.4, 0.5) is 5.69 Å². The summed E-state index contributed by atoms with van der Waals surface area (Å²) in [5.41, 5.74) is 2.58. The predicted octanol–water partition coefficient (Wildman–Crippen LogP) is 2.97. The molecule has 3 rings (SSSR count). The normalized spacial score (nSPS) is 21.5. The highest BCUT2D eigenvalue weighted by Gasteiger charge is 2.25. The molecular weight excluding hydrogens is 324 g/mol. The monoisotopic (exact) mass is 358 g/mol. The van der Waals surface area contributed by atoms with Crippen molar-refractivity contribution >= 4 is 11.6 Å². The molecule has 5 nitrogen and oxygen atoms in total. The molecule has 0 amide bonds. The van der Waals surface area contributed by atoms with Gasteiger partial charge in [0.2, 0.25) is 0 Å². The van der Waals surface area contributed by atoms with E-state index in [0.29, 0.717) is 0 Å². The van der Waals surface area contributed by atoms with E-state index in [9.17, 15) is 0 Å². The van der Waals surface area contributed by atoms with Crippen molar-refractivity contribution in [3.63, 3.8) is 0 Å². The molecule has 1 N–H and O–H groups in total. The Morgan fingerprint density at radius 3 is 2.58 bits per heavy atom. The summed E-state index contributed by atoms with van der Waals surface area (Å²) in [5.74, 6) is 2.62. The first-order valence-electron chi connectivity index (χ1n) is 10.0. The number of ether oxygens (including phenoxy) is 1. The summed E-state index contributed by atoms with van der Waals surface area (Å²) in [4.78, 5) is 9.30. The molecule has 0 radical (unpaired) electrons. The molecule has 0 saturated carbocycles. The third kappa shape index (κ3) is 5.13. The smallest absolute Gasteiger partial charge is 0.193 e. The summed E-state index contributed by atoms with van der Waals surface area (Å²) < 4.78 is 5.43. The number of hydrogen-bond acceptors (Lipinski definition) is 3. The number of guanidine groups is 1. The van der Waals surface area contributed by atoms with Gasteiger partial charge in [0.25, 0.3) is 0 Å². The molecule has 2 aliphatic rings. The lowest BCUT2D eigenvalue weighted by Crippen LogP contribution is -2.39. The predicted molar refractivity (Wildman–Crippen MR) is 109 cm³/mol. The van der Waals surface area contributed by atoms with Crippen molar-refractivity contribution in [2.24, 2.45) is 16.8 Å². The fourth-order valence-electron chi connectivity index (χ4n) is 4.04. The van der Waals surface area contributed by atoms with E-state index in [1.807, 2.05) is 7.05 Å². The maximum absolute atomic E-state index is 5.43. The number of rotatable bonds is 5. The first-order valence-corrected chi connectivity index (χ1v) is 10.0. The van der Waals surface area contributed by atoms with Gasteiger partial charge in [0.05, 0.1) is 13.2 Å². The second-order valence-electron chi connectivity index (χ2n) is 7.90. The topological polar surface area (TPSA) is 40.1 Å². The number of hydrogen-bond donors (Lipinski definition) is 1. The standard InChI is InChI=1S/C21H34N4O/c1-17(2)14-19-8-9-25(16-19)21(22-3)23-15-18-4-6-20(7-5-18)24-10-12-26-13-11-24/h4-7,17,19H,8-16H2,1-3H3,(H,22,23). The van der Waals surface area contributed by atoms with E-state index in [2.05, 4.69) is 58.2 Å². The largest absolute Gasteiger partial charge is 0.378 e. The Kier molecular flexibility index (Phi) is 6.78. The highest BCUT2D eigenvalue weighted by Crippen LogP contribution is 2.23. The molecule has 5 heteroatoms. The fourth-order valence-corrected chi connectivity index (χ4v) is 4.04. The summed E-state index contributed by atoms with van der Waals surface area (Å²) in [7, 11) is 1.89. The van der Waals surface area contributed by atoms with Crippen molar-refractivity contribution in [3.05, 3.63) is 29.8 Å². The summed E-state index contributed by atoms with van der Waals surface area (Å²) in [6, 6.07) is 8.88. The van der Waals surface area contributed by atoms with Crippen molar-refractivity contribution in [3.8, 4) is 0 Å². The quantitative estimate of drug-likeness (QED) is 0.649.